The van der Waals surface area contributed by atoms with Gasteiger partial charge in [0.15, 0.2) is 12.4 Å². The average molecular weight is 437 g/mol. The summed E-state index contributed by atoms with van der Waals surface area (Å²) in [6, 6.07) is 11.1. The zero-order chi connectivity index (χ0) is 22.0. The molecule has 0 aliphatic heterocycles. The summed E-state index contributed by atoms with van der Waals surface area (Å²) in [4.78, 5) is 34.3. The number of anilines is 1. The molecule has 0 unspecified atom stereocenters. The molecule has 1 aromatic carbocycles. The van der Waals surface area contributed by atoms with E-state index in [-0.39, 0.29) is 30.6 Å². The summed E-state index contributed by atoms with van der Waals surface area (Å²) in [7, 11) is 0. The van der Waals surface area contributed by atoms with Crippen LogP contribution in [0, 0.1) is 6.92 Å². The van der Waals surface area contributed by atoms with Gasteiger partial charge in [0.05, 0.1) is 18.3 Å². The second-order valence-electron chi connectivity index (χ2n) is 6.59. The van der Waals surface area contributed by atoms with Crippen LogP contribution in [0.25, 0.3) is 21.3 Å². The molecular weight excluding hydrogens is 418 g/mol. The topological polar surface area (TPSA) is 118 Å². The molecule has 4 rings (SSSR count). The molecule has 3 heterocycles. The average Bonchev–Trinajstić information content (AvgIpc) is 3.38. The Morgan fingerprint density at radius 1 is 1.10 bits per heavy atom. The summed E-state index contributed by atoms with van der Waals surface area (Å²) in [5.74, 6) is -0.537. The molecule has 0 fully saturated rings. The molecule has 4 aromatic rings. The first-order valence-corrected chi connectivity index (χ1v) is 10.3. The lowest BCUT2D eigenvalue weighted by atomic mass is 10.1. The van der Waals surface area contributed by atoms with Crippen LogP contribution in [-0.4, -0.2) is 28.5 Å². The molecule has 0 amide bonds. The van der Waals surface area contributed by atoms with E-state index in [2.05, 4.69) is 9.97 Å². The molecule has 3 aromatic heterocycles. The summed E-state index contributed by atoms with van der Waals surface area (Å²) in [6.45, 7) is 3.59. The van der Waals surface area contributed by atoms with E-state index in [0.717, 1.165) is 5.56 Å². The largest absolute Gasteiger partial charge is 0.462 e. The second-order valence-corrected chi connectivity index (χ2v) is 7.59. The number of aryl methyl sites for hydroxylation is 1. The van der Waals surface area contributed by atoms with Gasteiger partial charge in [0, 0.05) is 5.56 Å². The van der Waals surface area contributed by atoms with Crippen molar-refractivity contribution in [2.45, 2.75) is 20.5 Å². The number of hydrogen-bond acceptors (Lipinski definition) is 9. The van der Waals surface area contributed by atoms with Gasteiger partial charge in [-0.15, -0.1) is 11.3 Å². The van der Waals surface area contributed by atoms with E-state index >= 15 is 0 Å². The fraction of sp³-hybridized carbons (Fsp3) is 0.182. The Bertz CT molecular complexity index is 1260. The van der Waals surface area contributed by atoms with Crippen molar-refractivity contribution in [2.75, 3.05) is 12.3 Å². The number of carbonyl (C=O) groups excluding carboxylic acids is 2. The number of nitrogens with zero attached hydrogens (tertiary/aromatic N) is 2. The van der Waals surface area contributed by atoms with Crippen LogP contribution in [0.15, 0.2) is 47.1 Å². The highest BCUT2D eigenvalue weighted by Gasteiger charge is 2.22. The number of furan rings is 1. The molecule has 31 heavy (non-hydrogen) atoms. The van der Waals surface area contributed by atoms with Gasteiger partial charge in [-0.05, 0) is 31.0 Å². The van der Waals surface area contributed by atoms with Crippen molar-refractivity contribution in [1.82, 2.24) is 9.97 Å². The molecular formula is C22H19N3O5S. The van der Waals surface area contributed by atoms with Crippen molar-refractivity contribution < 1.29 is 23.5 Å². The molecule has 0 radical (unpaired) electrons. The van der Waals surface area contributed by atoms with E-state index in [4.69, 9.17) is 19.6 Å². The zero-order valence-corrected chi connectivity index (χ0v) is 17.7. The maximum absolute atomic E-state index is 12.6. The zero-order valence-electron chi connectivity index (χ0n) is 16.9. The minimum atomic E-state index is -0.638. The summed E-state index contributed by atoms with van der Waals surface area (Å²) in [5.41, 5.74) is 8.23. The molecule has 0 bridgehead atoms. The first-order chi connectivity index (χ1) is 15.0. The molecule has 0 saturated heterocycles. The van der Waals surface area contributed by atoms with Crippen LogP contribution in [-0.2, 0) is 16.1 Å². The number of nitrogen functional groups attached to an aromatic ring is 1. The third-order valence-corrected chi connectivity index (χ3v) is 5.76. The maximum Gasteiger partial charge on any atom is 0.375 e. The fourth-order valence-corrected chi connectivity index (χ4v) is 4.28. The van der Waals surface area contributed by atoms with E-state index in [1.165, 1.54) is 17.6 Å². The molecule has 0 atom stereocenters. The van der Waals surface area contributed by atoms with Gasteiger partial charge in [0.2, 0.25) is 5.76 Å². The Morgan fingerprint density at radius 2 is 1.87 bits per heavy atom. The number of hydrogen-bond donors (Lipinski definition) is 1. The number of thiophene rings is 1. The molecule has 0 spiro atoms. The van der Waals surface area contributed by atoms with E-state index < -0.39 is 11.9 Å². The minimum absolute atomic E-state index is 0.0943. The van der Waals surface area contributed by atoms with Gasteiger partial charge >= 0.3 is 11.9 Å². The number of benzene rings is 1. The first-order valence-electron chi connectivity index (χ1n) is 9.52. The summed E-state index contributed by atoms with van der Waals surface area (Å²) in [5, 5.41) is 0.598. The number of aromatic nitrogens is 2. The highest BCUT2D eigenvalue weighted by molar-refractivity contribution is 7.20. The van der Waals surface area contributed by atoms with Crippen LogP contribution in [0.4, 0.5) is 5.82 Å². The second kappa shape index (κ2) is 8.57. The Labute approximate surface area is 181 Å². The van der Waals surface area contributed by atoms with Gasteiger partial charge in [0.25, 0.3) is 0 Å². The highest BCUT2D eigenvalue weighted by Crippen LogP contribution is 2.33. The Morgan fingerprint density at radius 3 is 2.61 bits per heavy atom. The smallest absolute Gasteiger partial charge is 0.375 e. The van der Waals surface area contributed by atoms with Crippen LogP contribution in [0.3, 0.4) is 0 Å². The Hall–Kier alpha value is -3.72. The van der Waals surface area contributed by atoms with Gasteiger partial charge in [-0.3, -0.25) is 0 Å². The lowest BCUT2D eigenvalue weighted by molar-refractivity contribution is 0.0427. The van der Waals surface area contributed by atoms with Gasteiger partial charge in [0.1, 0.15) is 15.5 Å². The predicted octanol–water partition coefficient (Wildman–Crippen LogP) is 4.38. The molecule has 0 aliphatic carbocycles. The van der Waals surface area contributed by atoms with Gasteiger partial charge in [-0.1, -0.05) is 30.3 Å². The van der Waals surface area contributed by atoms with Gasteiger partial charge < -0.3 is 19.6 Å². The molecule has 2 N–H and O–H groups in total. The number of esters is 2. The van der Waals surface area contributed by atoms with Crippen LogP contribution in [0.5, 0.6) is 0 Å². The number of nitrogens with two attached hydrogens (primary N) is 1. The Kier molecular flexibility index (Phi) is 5.68. The molecule has 0 aliphatic rings. The predicted molar refractivity (Wildman–Crippen MR) is 116 cm³/mol. The van der Waals surface area contributed by atoms with Crippen LogP contribution < -0.4 is 5.73 Å². The van der Waals surface area contributed by atoms with Crippen molar-refractivity contribution in [3.05, 3.63) is 64.7 Å². The lowest BCUT2D eigenvalue weighted by Gasteiger charge is -2.06. The Balaban J connectivity index is 1.56. The standard InChI is InChI=1S/C22H19N3O5S/c1-3-28-22(27)18-12(2)16-19(23)24-15(25-20(16)31-18)11-30-21(26)17-14(9-10-29-17)13-7-5-4-6-8-13/h4-10H,3,11H2,1-2H3,(H2,23,24,25). The third kappa shape index (κ3) is 3.99. The van der Waals surface area contributed by atoms with Crippen LogP contribution >= 0.6 is 11.3 Å². The lowest BCUT2D eigenvalue weighted by Crippen LogP contribution is -2.08. The van der Waals surface area contributed by atoms with Crippen molar-refractivity contribution in [2.24, 2.45) is 0 Å². The van der Waals surface area contributed by atoms with Crippen LogP contribution in [0.2, 0.25) is 0 Å². The molecule has 158 valence electrons. The number of ether oxygens (including phenoxy) is 2. The number of fused-ring (bicyclic) bond motifs is 1. The number of carbonyl (C=O) groups is 2. The van der Waals surface area contributed by atoms with E-state index in [9.17, 15) is 9.59 Å². The SMILES string of the molecule is CCOC(=O)c1sc2nc(COC(=O)c3occc3-c3ccccc3)nc(N)c2c1C. The maximum atomic E-state index is 12.6. The van der Waals surface area contributed by atoms with Crippen molar-refractivity contribution >= 4 is 39.3 Å². The molecule has 0 saturated carbocycles. The number of rotatable bonds is 6. The summed E-state index contributed by atoms with van der Waals surface area (Å²) >= 11 is 1.17. The molecule has 8 nitrogen and oxygen atoms in total. The minimum Gasteiger partial charge on any atom is -0.462 e. The summed E-state index contributed by atoms with van der Waals surface area (Å²) in [6.07, 6.45) is 1.44. The highest BCUT2D eigenvalue weighted by atomic mass is 32.1. The first kappa shape index (κ1) is 20.5. The fourth-order valence-electron chi connectivity index (χ4n) is 3.18. The normalized spacial score (nSPS) is 10.9. The summed E-state index contributed by atoms with van der Waals surface area (Å²) < 4.78 is 15.8. The van der Waals surface area contributed by atoms with Crippen LogP contribution in [0.1, 0.15) is 38.5 Å². The van der Waals surface area contributed by atoms with Crippen molar-refractivity contribution in [3.8, 4) is 11.1 Å². The van der Waals surface area contributed by atoms with Crippen molar-refractivity contribution in [3.63, 3.8) is 0 Å². The monoisotopic (exact) mass is 437 g/mol. The van der Waals surface area contributed by atoms with E-state index in [1.54, 1.807) is 19.9 Å². The third-order valence-electron chi connectivity index (χ3n) is 4.59. The quantitative estimate of drug-likeness (QED) is 0.442. The van der Waals surface area contributed by atoms with Gasteiger partial charge in [-0.25, -0.2) is 19.6 Å². The molecule has 9 heteroatoms. The van der Waals surface area contributed by atoms with E-state index in [0.29, 0.717) is 26.2 Å². The van der Waals surface area contributed by atoms with E-state index in [1.807, 2.05) is 30.3 Å². The van der Waals surface area contributed by atoms with Crippen molar-refractivity contribution in [1.29, 1.82) is 0 Å². The van der Waals surface area contributed by atoms with Gasteiger partial charge in [-0.2, -0.15) is 0 Å².